The zero-order valence-electron chi connectivity index (χ0n) is 17.2. The molecule has 1 saturated heterocycles. The van der Waals surface area contributed by atoms with Crippen molar-refractivity contribution in [1.29, 1.82) is 0 Å². The summed E-state index contributed by atoms with van der Waals surface area (Å²) < 4.78 is 10.2. The SMILES string of the molecule is CCOC(=O)c1sc2nc([C@H](C)N3CCC(C(=O)OCC)CC3)[nH]c(=O)c2c1C. The van der Waals surface area contributed by atoms with Gasteiger partial charge in [0.15, 0.2) is 0 Å². The third-order valence-electron chi connectivity index (χ3n) is 5.37. The molecule has 2 aromatic rings. The molecule has 9 heteroatoms. The molecule has 29 heavy (non-hydrogen) atoms. The average Bonchev–Trinajstić information content (AvgIpc) is 3.05. The highest BCUT2D eigenvalue weighted by atomic mass is 32.1. The quantitative estimate of drug-likeness (QED) is 0.716. The largest absolute Gasteiger partial charge is 0.466 e. The number of nitrogens with one attached hydrogen (secondary N) is 1. The van der Waals surface area contributed by atoms with Crippen molar-refractivity contribution < 1.29 is 19.1 Å². The van der Waals surface area contributed by atoms with Crippen LogP contribution in [0.5, 0.6) is 0 Å². The monoisotopic (exact) mass is 421 g/mol. The van der Waals surface area contributed by atoms with E-state index >= 15 is 0 Å². The van der Waals surface area contributed by atoms with Gasteiger partial charge in [-0.05, 0) is 59.2 Å². The molecule has 3 rings (SSSR count). The van der Waals surface area contributed by atoms with Crippen LogP contribution in [-0.2, 0) is 14.3 Å². The second-order valence-electron chi connectivity index (χ2n) is 7.15. The van der Waals surface area contributed by atoms with E-state index in [1.165, 1.54) is 11.3 Å². The van der Waals surface area contributed by atoms with Crippen molar-refractivity contribution in [3.63, 3.8) is 0 Å². The molecule has 1 fully saturated rings. The van der Waals surface area contributed by atoms with Gasteiger partial charge in [-0.15, -0.1) is 11.3 Å². The maximum absolute atomic E-state index is 12.7. The first kappa shape index (κ1) is 21.4. The number of thiophene rings is 1. The number of fused-ring (bicyclic) bond motifs is 1. The number of hydrogen-bond acceptors (Lipinski definition) is 8. The van der Waals surface area contributed by atoms with E-state index in [1.807, 2.05) is 13.8 Å². The van der Waals surface area contributed by atoms with Gasteiger partial charge in [0.1, 0.15) is 15.5 Å². The number of aromatic nitrogens is 2. The summed E-state index contributed by atoms with van der Waals surface area (Å²) in [5.41, 5.74) is 0.356. The van der Waals surface area contributed by atoms with Crippen LogP contribution < -0.4 is 5.56 Å². The van der Waals surface area contributed by atoms with Gasteiger partial charge in [-0.2, -0.15) is 0 Å². The fraction of sp³-hybridized carbons (Fsp3) is 0.600. The number of hydrogen-bond donors (Lipinski definition) is 1. The molecule has 0 aromatic carbocycles. The number of esters is 2. The third kappa shape index (κ3) is 4.35. The molecule has 8 nitrogen and oxygen atoms in total. The van der Waals surface area contributed by atoms with Gasteiger partial charge in [0.05, 0.1) is 30.6 Å². The minimum absolute atomic E-state index is 0.0695. The Morgan fingerprint density at radius 1 is 1.24 bits per heavy atom. The molecular weight excluding hydrogens is 394 g/mol. The summed E-state index contributed by atoms with van der Waals surface area (Å²) in [6, 6.07) is -0.108. The highest BCUT2D eigenvalue weighted by molar-refractivity contribution is 7.20. The third-order valence-corrected chi connectivity index (χ3v) is 6.54. The summed E-state index contributed by atoms with van der Waals surface area (Å²) in [7, 11) is 0. The summed E-state index contributed by atoms with van der Waals surface area (Å²) >= 11 is 1.19. The number of aromatic amines is 1. The summed E-state index contributed by atoms with van der Waals surface area (Å²) in [4.78, 5) is 47.5. The van der Waals surface area contributed by atoms with Crippen LogP contribution >= 0.6 is 11.3 Å². The Kier molecular flexibility index (Phi) is 6.69. The smallest absolute Gasteiger partial charge is 0.348 e. The highest BCUT2D eigenvalue weighted by Crippen LogP contribution is 2.30. The molecule has 1 aliphatic rings. The molecule has 0 radical (unpaired) electrons. The Hall–Kier alpha value is -2.26. The first-order valence-electron chi connectivity index (χ1n) is 9.98. The van der Waals surface area contributed by atoms with Gasteiger partial charge in [-0.25, -0.2) is 9.78 Å². The van der Waals surface area contributed by atoms with Gasteiger partial charge in [0.2, 0.25) is 0 Å². The van der Waals surface area contributed by atoms with Crippen molar-refractivity contribution in [1.82, 2.24) is 14.9 Å². The number of aryl methyl sites for hydroxylation is 1. The number of carbonyl (C=O) groups is 2. The lowest BCUT2D eigenvalue weighted by Crippen LogP contribution is -2.39. The molecule has 0 spiro atoms. The first-order valence-corrected chi connectivity index (χ1v) is 10.8. The summed E-state index contributed by atoms with van der Waals surface area (Å²) in [5, 5.41) is 0.440. The van der Waals surface area contributed by atoms with Gasteiger partial charge in [0.25, 0.3) is 5.56 Å². The molecule has 0 unspecified atom stereocenters. The maximum atomic E-state index is 12.7. The molecular formula is C20H27N3O5S. The standard InChI is InChI=1S/C20H27N3O5S/c1-5-27-19(25)13-7-9-23(10-8-13)12(4)16-21-17(24)14-11(3)15(20(26)28-6-2)29-18(14)22-16/h12-13H,5-10H2,1-4H3,(H,21,22,24)/t12-/m0/s1. The van der Waals surface area contributed by atoms with E-state index in [0.29, 0.717) is 33.1 Å². The molecule has 0 bridgehead atoms. The Balaban J connectivity index is 1.80. The second kappa shape index (κ2) is 9.04. The van der Waals surface area contributed by atoms with Crippen molar-refractivity contribution >= 4 is 33.5 Å². The van der Waals surface area contributed by atoms with Gasteiger partial charge >= 0.3 is 11.9 Å². The van der Waals surface area contributed by atoms with Crippen LogP contribution in [0.3, 0.4) is 0 Å². The zero-order chi connectivity index (χ0) is 21.1. The van der Waals surface area contributed by atoms with Crippen molar-refractivity contribution in [3.8, 4) is 0 Å². The van der Waals surface area contributed by atoms with Gasteiger partial charge in [-0.1, -0.05) is 0 Å². The second-order valence-corrected chi connectivity index (χ2v) is 8.15. The number of piperidine rings is 1. The molecule has 3 heterocycles. The van der Waals surface area contributed by atoms with Crippen molar-refractivity contribution in [2.45, 2.75) is 46.6 Å². The molecule has 1 atom stereocenters. The lowest BCUT2D eigenvalue weighted by Gasteiger charge is -2.34. The molecule has 158 valence electrons. The van der Waals surface area contributed by atoms with Crippen LogP contribution in [0, 0.1) is 12.8 Å². The van der Waals surface area contributed by atoms with Gasteiger partial charge in [0, 0.05) is 0 Å². The Morgan fingerprint density at radius 2 is 1.90 bits per heavy atom. The highest BCUT2D eigenvalue weighted by Gasteiger charge is 2.30. The van der Waals surface area contributed by atoms with E-state index < -0.39 is 5.97 Å². The predicted octanol–water partition coefficient (Wildman–Crippen LogP) is 2.81. The van der Waals surface area contributed by atoms with Crippen LogP contribution in [0.25, 0.3) is 10.2 Å². The molecule has 0 amide bonds. The summed E-state index contributed by atoms with van der Waals surface area (Å²) in [6.45, 7) is 9.42. The average molecular weight is 422 g/mol. The number of likely N-dealkylation sites (tertiary alicyclic amines) is 1. The van der Waals surface area contributed by atoms with Crippen molar-refractivity contribution in [2.75, 3.05) is 26.3 Å². The van der Waals surface area contributed by atoms with Crippen LogP contribution in [0.2, 0.25) is 0 Å². The fourth-order valence-corrected chi connectivity index (χ4v) is 4.79. The van der Waals surface area contributed by atoms with E-state index in [-0.39, 0.29) is 30.1 Å². The molecule has 2 aromatic heterocycles. The van der Waals surface area contributed by atoms with E-state index in [4.69, 9.17) is 9.47 Å². The number of carbonyl (C=O) groups excluding carboxylic acids is 2. The molecule has 1 aliphatic heterocycles. The van der Waals surface area contributed by atoms with Crippen LogP contribution in [0.4, 0.5) is 0 Å². The number of nitrogens with zero attached hydrogens (tertiary/aromatic N) is 2. The number of ether oxygens (including phenoxy) is 2. The Morgan fingerprint density at radius 3 is 2.52 bits per heavy atom. The minimum Gasteiger partial charge on any atom is -0.466 e. The fourth-order valence-electron chi connectivity index (χ4n) is 3.71. The number of rotatable bonds is 6. The molecule has 0 saturated carbocycles. The van der Waals surface area contributed by atoms with E-state index in [1.54, 1.807) is 13.8 Å². The van der Waals surface area contributed by atoms with Gasteiger partial charge < -0.3 is 14.5 Å². The number of H-pyrrole nitrogens is 1. The molecule has 1 N–H and O–H groups in total. The predicted molar refractivity (Wildman–Crippen MR) is 110 cm³/mol. The lowest BCUT2D eigenvalue weighted by molar-refractivity contribution is -0.149. The first-order chi connectivity index (χ1) is 13.9. The molecule has 0 aliphatic carbocycles. The van der Waals surface area contributed by atoms with Crippen molar-refractivity contribution in [3.05, 3.63) is 26.6 Å². The summed E-state index contributed by atoms with van der Waals surface area (Å²) in [6.07, 6.45) is 1.45. The zero-order valence-corrected chi connectivity index (χ0v) is 18.1. The van der Waals surface area contributed by atoms with Crippen molar-refractivity contribution in [2.24, 2.45) is 5.92 Å². The van der Waals surface area contributed by atoms with Gasteiger partial charge in [-0.3, -0.25) is 14.5 Å². The van der Waals surface area contributed by atoms with E-state index in [0.717, 1.165) is 25.9 Å². The van der Waals surface area contributed by atoms with E-state index in [9.17, 15) is 14.4 Å². The van der Waals surface area contributed by atoms with Crippen LogP contribution in [0.15, 0.2) is 4.79 Å². The van der Waals surface area contributed by atoms with Crippen LogP contribution in [0.1, 0.15) is 60.7 Å². The summed E-state index contributed by atoms with van der Waals surface area (Å²) in [5.74, 6) is -0.0648. The Bertz CT molecular complexity index is 959. The Labute approximate surface area is 173 Å². The minimum atomic E-state index is -0.428. The normalized spacial score (nSPS) is 16.7. The topological polar surface area (TPSA) is 102 Å². The maximum Gasteiger partial charge on any atom is 0.348 e. The van der Waals surface area contributed by atoms with E-state index in [2.05, 4.69) is 14.9 Å². The van der Waals surface area contributed by atoms with Crippen LogP contribution in [-0.4, -0.2) is 53.1 Å². The lowest BCUT2D eigenvalue weighted by atomic mass is 9.96.